The molecule has 10 nitrogen and oxygen atoms in total. The quantitative estimate of drug-likeness (QED) is 0.749. The second-order valence-corrected chi connectivity index (χ2v) is 6.07. The number of nitrogens with zero attached hydrogens (tertiary/aromatic N) is 5. The summed E-state index contributed by atoms with van der Waals surface area (Å²) in [6, 6.07) is 1.85. The molecule has 3 heterocycles. The summed E-state index contributed by atoms with van der Waals surface area (Å²) in [5.41, 5.74) is 1.58. The van der Waals surface area contributed by atoms with Gasteiger partial charge >= 0.3 is 0 Å². The van der Waals surface area contributed by atoms with Crippen LogP contribution >= 0.6 is 0 Å². The minimum Gasteiger partial charge on any atom is -0.419 e. The van der Waals surface area contributed by atoms with Crippen LogP contribution in [0, 0.1) is 6.92 Å². The van der Waals surface area contributed by atoms with Crippen molar-refractivity contribution in [2.24, 2.45) is 7.05 Å². The largest absolute Gasteiger partial charge is 0.419 e. The van der Waals surface area contributed by atoms with Gasteiger partial charge in [0.15, 0.2) is 0 Å². The molecule has 1 saturated heterocycles. The van der Waals surface area contributed by atoms with Crippen molar-refractivity contribution < 1.29 is 18.7 Å². The molecule has 0 saturated carbocycles. The van der Waals surface area contributed by atoms with E-state index in [1.54, 1.807) is 16.6 Å². The third-order valence-electron chi connectivity index (χ3n) is 4.05. The van der Waals surface area contributed by atoms with E-state index in [1.807, 2.05) is 13.0 Å². The Labute approximate surface area is 150 Å². The highest BCUT2D eigenvalue weighted by molar-refractivity contribution is 5.84. The maximum absolute atomic E-state index is 12.0. The molecule has 0 bridgehead atoms. The van der Waals surface area contributed by atoms with Crippen molar-refractivity contribution in [3.05, 3.63) is 17.7 Å². The molecule has 0 atom stereocenters. The van der Waals surface area contributed by atoms with Crippen molar-refractivity contribution in [2.45, 2.75) is 19.8 Å². The third-order valence-corrected chi connectivity index (χ3v) is 4.05. The standard InChI is InChI=1S/C16H22N6O4/c1-11-9-12(21(2)20-11)16-19-18-14(26-16)4-3-13(23)17-10-15(24)22-5-7-25-8-6-22/h9H,3-8,10H2,1-2H3,(H,17,23). The highest BCUT2D eigenvalue weighted by atomic mass is 16.5. The number of ether oxygens (including phenoxy) is 1. The van der Waals surface area contributed by atoms with E-state index >= 15 is 0 Å². The summed E-state index contributed by atoms with van der Waals surface area (Å²) in [4.78, 5) is 25.6. The number of morpholine rings is 1. The number of nitrogens with one attached hydrogen (secondary N) is 1. The number of aromatic nitrogens is 4. The summed E-state index contributed by atoms with van der Waals surface area (Å²) < 4.78 is 12.4. The molecule has 26 heavy (non-hydrogen) atoms. The van der Waals surface area contributed by atoms with Crippen molar-refractivity contribution in [3.63, 3.8) is 0 Å². The van der Waals surface area contributed by atoms with E-state index in [0.29, 0.717) is 44.5 Å². The first-order valence-electron chi connectivity index (χ1n) is 8.48. The Morgan fingerprint density at radius 2 is 2.04 bits per heavy atom. The molecule has 3 rings (SSSR count). The van der Waals surface area contributed by atoms with E-state index in [9.17, 15) is 9.59 Å². The predicted molar refractivity (Wildman–Crippen MR) is 90.0 cm³/mol. The number of hydrogen-bond donors (Lipinski definition) is 1. The first-order valence-corrected chi connectivity index (χ1v) is 8.48. The Kier molecular flexibility index (Phi) is 5.61. The fourth-order valence-corrected chi connectivity index (χ4v) is 2.68. The number of carbonyl (C=O) groups excluding carboxylic acids is 2. The lowest BCUT2D eigenvalue weighted by atomic mass is 10.3. The lowest BCUT2D eigenvalue weighted by Gasteiger charge is -2.26. The maximum atomic E-state index is 12.0. The molecule has 1 aliphatic heterocycles. The molecule has 140 valence electrons. The molecule has 10 heteroatoms. The number of amides is 2. The van der Waals surface area contributed by atoms with E-state index in [4.69, 9.17) is 9.15 Å². The van der Waals surface area contributed by atoms with Gasteiger partial charge in [-0.15, -0.1) is 10.2 Å². The van der Waals surface area contributed by atoms with Crippen LogP contribution in [-0.2, 0) is 27.8 Å². The molecule has 2 aromatic heterocycles. The number of carbonyl (C=O) groups is 2. The van der Waals surface area contributed by atoms with Gasteiger partial charge in [0, 0.05) is 33.0 Å². The first-order chi connectivity index (χ1) is 12.5. The zero-order valence-electron chi connectivity index (χ0n) is 14.9. The van der Waals surface area contributed by atoms with Gasteiger partial charge in [-0.2, -0.15) is 5.10 Å². The minimum atomic E-state index is -0.234. The zero-order chi connectivity index (χ0) is 18.5. The van der Waals surface area contributed by atoms with Gasteiger partial charge in [0.05, 0.1) is 25.5 Å². The number of aryl methyl sites for hydroxylation is 3. The van der Waals surface area contributed by atoms with Crippen molar-refractivity contribution in [1.82, 2.24) is 30.2 Å². The molecule has 2 aromatic rings. The second-order valence-electron chi connectivity index (χ2n) is 6.07. The molecule has 0 aromatic carbocycles. The fourth-order valence-electron chi connectivity index (χ4n) is 2.68. The average Bonchev–Trinajstić information content (AvgIpc) is 3.24. The minimum absolute atomic E-state index is 0.0117. The number of rotatable bonds is 6. The van der Waals surface area contributed by atoms with Crippen molar-refractivity contribution in [3.8, 4) is 11.6 Å². The van der Waals surface area contributed by atoms with Gasteiger partial charge in [-0.25, -0.2) is 0 Å². The van der Waals surface area contributed by atoms with E-state index in [0.717, 1.165) is 11.4 Å². The molecule has 1 N–H and O–H groups in total. The van der Waals surface area contributed by atoms with Gasteiger partial charge in [-0.1, -0.05) is 0 Å². The highest BCUT2D eigenvalue weighted by Gasteiger charge is 2.18. The van der Waals surface area contributed by atoms with Crippen molar-refractivity contribution in [2.75, 3.05) is 32.8 Å². The van der Waals surface area contributed by atoms with E-state index in [-0.39, 0.29) is 24.8 Å². The summed E-state index contributed by atoms with van der Waals surface area (Å²) in [5.74, 6) is 0.399. The Morgan fingerprint density at radius 1 is 1.27 bits per heavy atom. The van der Waals surface area contributed by atoms with Crippen LogP contribution in [0.15, 0.2) is 10.5 Å². The lowest BCUT2D eigenvalue weighted by molar-refractivity contribution is -0.136. The van der Waals surface area contributed by atoms with Crippen molar-refractivity contribution >= 4 is 11.8 Å². The Morgan fingerprint density at radius 3 is 2.73 bits per heavy atom. The van der Waals surface area contributed by atoms with Gasteiger partial charge in [-0.3, -0.25) is 14.3 Å². The SMILES string of the molecule is Cc1cc(-c2nnc(CCC(=O)NCC(=O)N3CCOCC3)o2)n(C)n1. The molecule has 0 radical (unpaired) electrons. The normalized spacial score (nSPS) is 14.5. The number of hydrogen-bond acceptors (Lipinski definition) is 7. The summed E-state index contributed by atoms with van der Waals surface area (Å²) in [7, 11) is 1.80. The second kappa shape index (κ2) is 8.09. The summed E-state index contributed by atoms with van der Waals surface area (Å²) in [6.07, 6.45) is 0.476. The van der Waals surface area contributed by atoms with Crippen molar-refractivity contribution in [1.29, 1.82) is 0 Å². The topological polar surface area (TPSA) is 115 Å². The Bertz CT molecular complexity index is 778. The first kappa shape index (κ1) is 18.1. The Balaban J connectivity index is 1.44. The van der Waals surface area contributed by atoms with Gasteiger partial charge in [0.1, 0.15) is 5.69 Å². The molecular formula is C16H22N6O4. The van der Waals surface area contributed by atoms with E-state index in [1.165, 1.54) is 0 Å². The summed E-state index contributed by atoms with van der Waals surface area (Å²) in [6.45, 7) is 4.07. The third kappa shape index (κ3) is 4.45. The monoisotopic (exact) mass is 362 g/mol. The molecule has 0 spiro atoms. The smallest absolute Gasteiger partial charge is 0.265 e. The zero-order valence-corrected chi connectivity index (χ0v) is 14.9. The highest BCUT2D eigenvalue weighted by Crippen LogP contribution is 2.18. The Hall–Kier alpha value is -2.75. The van der Waals surface area contributed by atoms with E-state index in [2.05, 4.69) is 20.6 Å². The molecule has 2 amide bonds. The predicted octanol–water partition coefficient (Wildman–Crippen LogP) is -0.314. The lowest BCUT2D eigenvalue weighted by Crippen LogP contribution is -2.45. The average molecular weight is 362 g/mol. The van der Waals surface area contributed by atoms with Crippen LogP contribution in [0.3, 0.4) is 0 Å². The molecule has 1 fully saturated rings. The van der Waals surface area contributed by atoms with Crippen LogP contribution in [0.25, 0.3) is 11.6 Å². The molecule has 1 aliphatic rings. The summed E-state index contributed by atoms with van der Waals surface area (Å²) in [5, 5.41) is 14.8. The molecular weight excluding hydrogens is 340 g/mol. The van der Waals surface area contributed by atoms with Crippen LogP contribution in [0.4, 0.5) is 0 Å². The van der Waals surface area contributed by atoms with Gasteiger partial charge in [0.25, 0.3) is 5.89 Å². The van der Waals surface area contributed by atoms with Gasteiger partial charge in [-0.05, 0) is 13.0 Å². The fraction of sp³-hybridized carbons (Fsp3) is 0.562. The van der Waals surface area contributed by atoms with Crippen LogP contribution in [0.1, 0.15) is 18.0 Å². The van der Waals surface area contributed by atoms with Gasteiger partial charge < -0.3 is 19.4 Å². The van der Waals surface area contributed by atoms with Crippen LogP contribution in [0.5, 0.6) is 0 Å². The van der Waals surface area contributed by atoms with E-state index < -0.39 is 0 Å². The van der Waals surface area contributed by atoms with Crippen LogP contribution in [0.2, 0.25) is 0 Å². The maximum Gasteiger partial charge on any atom is 0.265 e. The van der Waals surface area contributed by atoms with Gasteiger partial charge in [0.2, 0.25) is 17.7 Å². The molecule has 0 aliphatic carbocycles. The molecule has 0 unspecified atom stereocenters. The summed E-state index contributed by atoms with van der Waals surface area (Å²) >= 11 is 0. The van der Waals surface area contributed by atoms with Crippen LogP contribution < -0.4 is 5.32 Å². The van der Waals surface area contributed by atoms with Crippen LogP contribution in [-0.4, -0.2) is 69.5 Å².